The normalized spacial score (nSPS) is 16.3. The van der Waals surface area contributed by atoms with Crippen molar-refractivity contribution in [2.24, 2.45) is 0 Å². The molecule has 1 fully saturated rings. The summed E-state index contributed by atoms with van der Waals surface area (Å²) in [5, 5.41) is 5.02. The highest BCUT2D eigenvalue weighted by atomic mass is 16.5. The molecule has 0 aliphatic carbocycles. The van der Waals surface area contributed by atoms with E-state index in [0.29, 0.717) is 24.4 Å². The minimum absolute atomic E-state index is 0.0382. The lowest BCUT2D eigenvalue weighted by molar-refractivity contribution is -0.132. The van der Waals surface area contributed by atoms with Gasteiger partial charge < -0.3 is 19.1 Å². The summed E-state index contributed by atoms with van der Waals surface area (Å²) >= 11 is 0. The van der Waals surface area contributed by atoms with E-state index in [-0.39, 0.29) is 18.4 Å². The predicted molar refractivity (Wildman–Crippen MR) is 113 cm³/mol. The largest absolute Gasteiger partial charge is 0.378 e. The molecule has 0 N–H and O–H groups in total. The number of carbonyl (C=O) groups excluding carboxylic acids is 1. The van der Waals surface area contributed by atoms with E-state index in [0.717, 1.165) is 36.1 Å². The Morgan fingerprint density at radius 1 is 1.14 bits per heavy atom. The Morgan fingerprint density at radius 3 is 2.66 bits per heavy atom. The summed E-state index contributed by atoms with van der Waals surface area (Å²) < 4.78 is 11.2. The van der Waals surface area contributed by atoms with Crippen molar-refractivity contribution in [3.63, 3.8) is 0 Å². The molecule has 0 radical (unpaired) electrons. The Balaban J connectivity index is 1.51. The van der Waals surface area contributed by atoms with Crippen LogP contribution in [0.15, 0.2) is 53.1 Å². The zero-order chi connectivity index (χ0) is 20.2. The van der Waals surface area contributed by atoms with Crippen molar-refractivity contribution in [1.82, 2.24) is 10.1 Å². The minimum atomic E-state index is 0.0382. The number of aromatic nitrogens is 1. The summed E-state index contributed by atoms with van der Waals surface area (Å²) in [5.74, 6) is 0.0382. The Labute approximate surface area is 171 Å². The van der Waals surface area contributed by atoms with Crippen LogP contribution >= 0.6 is 0 Å². The number of fused-ring (bicyclic) bond motifs is 1. The molecule has 0 saturated carbocycles. The lowest BCUT2D eigenvalue weighted by Gasteiger charge is -2.26. The number of rotatable bonds is 7. The number of carbonyl (C=O) groups is 1. The van der Waals surface area contributed by atoms with Gasteiger partial charge in [0, 0.05) is 44.9 Å². The SMILES string of the molecule is CN(C)c1ccc(CN(CC2CCCO2)C(=O)Cc2noc3ccccc23)cc1. The van der Waals surface area contributed by atoms with Crippen LogP contribution in [0.4, 0.5) is 5.69 Å². The maximum absolute atomic E-state index is 13.2. The molecule has 1 aliphatic heterocycles. The van der Waals surface area contributed by atoms with Crippen LogP contribution in [0.3, 0.4) is 0 Å². The van der Waals surface area contributed by atoms with Gasteiger partial charge in [-0.25, -0.2) is 0 Å². The second-order valence-electron chi connectivity index (χ2n) is 7.77. The first-order valence-electron chi connectivity index (χ1n) is 10.1. The van der Waals surface area contributed by atoms with Crippen molar-refractivity contribution in [2.45, 2.75) is 31.9 Å². The van der Waals surface area contributed by atoms with Gasteiger partial charge in [0.25, 0.3) is 0 Å². The molecule has 2 heterocycles. The van der Waals surface area contributed by atoms with Crippen molar-refractivity contribution in [3.05, 3.63) is 59.8 Å². The highest BCUT2D eigenvalue weighted by molar-refractivity contribution is 5.86. The molecule has 1 aromatic heterocycles. The third-order valence-corrected chi connectivity index (χ3v) is 5.40. The van der Waals surface area contributed by atoms with Crippen molar-refractivity contribution >= 4 is 22.6 Å². The number of hydrogen-bond donors (Lipinski definition) is 0. The molecule has 4 rings (SSSR count). The molecule has 3 aromatic rings. The zero-order valence-corrected chi connectivity index (χ0v) is 17.0. The van der Waals surface area contributed by atoms with E-state index >= 15 is 0 Å². The van der Waals surface area contributed by atoms with E-state index in [1.54, 1.807) is 0 Å². The first-order valence-corrected chi connectivity index (χ1v) is 10.1. The van der Waals surface area contributed by atoms with Gasteiger partial charge in [0.05, 0.1) is 12.5 Å². The van der Waals surface area contributed by atoms with Gasteiger partial charge in [0.1, 0.15) is 5.69 Å². The number of amides is 1. The first-order chi connectivity index (χ1) is 14.1. The fourth-order valence-corrected chi connectivity index (χ4v) is 3.73. The van der Waals surface area contributed by atoms with Gasteiger partial charge in [-0.1, -0.05) is 29.4 Å². The van der Waals surface area contributed by atoms with Crippen LogP contribution in [0, 0.1) is 0 Å². The number of hydrogen-bond acceptors (Lipinski definition) is 5. The van der Waals surface area contributed by atoms with Crippen LogP contribution in [-0.2, 0) is 22.5 Å². The molecule has 29 heavy (non-hydrogen) atoms. The fourth-order valence-electron chi connectivity index (χ4n) is 3.73. The van der Waals surface area contributed by atoms with Crippen molar-refractivity contribution < 1.29 is 14.1 Å². The maximum atomic E-state index is 13.2. The molecule has 1 unspecified atom stereocenters. The number of para-hydroxylation sites is 1. The van der Waals surface area contributed by atoms with E-state index < -0.39 is 0 Å². The maximum Gasteiger partial charge on any atom is 0.229 e. The third-order valence-electron chi connectivity index (χ3n) is 5.40. The molecule has 0 bridgehead atoms. The summed E-state index contributed by atoms with van der Waals surface area (Å²) in [6.07, 6.45) is 2.38. The Bertz CT molecular complexity index is 959. The monoisotopic (exact) mass is 393 g/mol. The molecule has 152 valence electrons. The van der Waals surface area contributed by atoms with Crippen molar-refractivity contribution in [1.29, 1.82) is 0 Å². The fraction of sp³-hybridized carbons (Fsp3) is 0.391. The van der Waals surface area contributed by atoms with Crippen LogP contribution in [0.25, 0.3) is 11.0 Å². The lowest BCUT2D eigenvalue weighted by atomic mass is 10.1. The second kappa shape index (κ2) is 8.66. The average Bonchev–Trinajstić information content (AvgIpc) is 3.38. The van der Waals surface area contributed by atoms with Gasteiger partial charge in [-0.3, -0.25) is 4.79 Å². The van der Waals surface area contributed by atoms with E-state index in [2.05, 4.69) is 34.3 Å². The van der Waals surface area contributed by atoms with E-state index in [9.17, 15) is 4.79 Å². The molecule has 1 amide bonds. The van der Waals surface area contributed by atoms with Gasteiger partial charge in [0.15, 0.2) is 5.58 Å². The summed E-state index contributed by atoms with van der Waals surface area (Å²) in [7, 11) is 4.04. The van der Waals surface area contributed by atoms with E-state index in [1.165, 1.54) is 0 Å². The summed E-state index contributed by atoms with van der Waals surface area (Å²) in [5.41, 5.74) is 3.64. The van der Waals surface area contributed by atoms with Crippen LogP contribution in [0.2, 0.25) is 0 Å². The van der Waals surface area contributed by atoms with Crippen molar-refractivity contribution in [3.8, 4) is 0 Å². The number of ether oxygens (including phenoxy) is 1. The quantitative estimate of drug-likeness (QED) is 0.613. The standard InChI is InChI=1S/C23H27N3O3/c1-25(2)18-11-9-17(10-12-18)15-26(16-19-6-5-13-28-19)23(27)14-21-20-7-3-4-8-22(20)29-24-21/h3-4,7-12,19H,5-6,13-16H2,1-2H3. The van der Waals surface area contributed by atoms with E-state index in [1.807, 2.05) is 43.3 Å². The van der Waals surface area contributed by atoms with Crippen LogP contribution in [0.5, 0.6) is 0 Å². The summed E-state index contributed by atoms with van der Waals surface area (Å²) in [6, 6.07) is 16.0. The highest BCUT2D eigenvalue weighted by Gasteiger charge is 2.24. The second-order valence-corrected chi connectivity index (χ2v) is 7.77. The Kier molecular flexibility index (Phi) is 5.81. The van der Waals surface area contributed by atoms with E-state index in [4.69, 9.17) is 9.26 Å². The topological polar surface area (TPSA) is 58.8 Å². The number of nitrogens with zero attached hydrogens (tertiary/aromatic N) is 3. The third kappa shape index (κ3) is 4.59. The Hall–Kier alpha value is -2.86. The average molecular weight is 393 g/mol. The lowest BCUT2D eigenvalue weighted by Crippen LogP contribution is -2.38. The molecule has 1 atom stereocenters. The molecule has 1 saturated heterocycles. The molecular weight excluding hydrogens is 366 g/mol. The molecule has 1 aliphatic rings. The molecule has 6 heteroatoms. The first kappa shape index (κ1) is 19.5. The number of anilines is 1. The van der Waals surface area contributed by atoms with Gasteiger partial charge in [0.2, 0.25) is 5.91 Å². The van der Waals surface area contributed by atoms with Gasteiger partial charge in [-0.05, 0) is 42.7 Å². The highest BCUT2D eigenvalue weighted by Crippen LogP contribution is 2.21. The van der Waals surface area contributed by atoms with Gasteiger partial charge in [-0.15, -0.1) is 0 Å². The summed E-state index contributed by atoms with van der Waals surface area (Å²) in [6.45, 7) is 1.93. The molecular formula is C23H27N3O3. The predicted octanol–water partition coefficient (Wildman–Crippen LogP) is 3.64. The Morgan fingerprint density at radius 2 is 1.93 bits per heavy atom. The van der Waals surface area contributed by atoms with Crippen LogP contribution in [-0.4, -0.2) is 49.3 Å². The number of benzene rings is 2. The smallest absolute Gasteiger partial charge is 0.229 e. The van der Waals surface area contributed by atoms with Crippen LogP contribution < -0.4 is 4.90 Å². The molecule has 0 spiro atoms. The van der Waals surface area contributed by atoms with Crippen molar-refractivity contribution in [2.75, 3.05) is 32.1 Å². The molecule has 2 aromatic carbocycles. The van der Waals surface area contributed by atoms with Gasteiger partial charge >= 0.3 is 0 Å². The van der Waals surface area contributed by atoms with Gasteiger partial charge in [-0.2, -0.15) is 0 Å². The molecule has 6 nitrogen and oxygen atoms in total. The zero-order valence-electron chi connectivity index (χ0n) is 17.0. The van der Waals surface area contributed by atoms with Crippen LogP contribution in [0.1, 0.15) is 24.1 Å². The minimum Gasteiger partial charge on any atom is -0.378 e. The summed E-state index contributed by atoms with van der Waals surface area (Å²) in [4.78, 5) is 17.2.